The number of amides is 1. The first-order chi connectivity index (χ1) is 13.8. The summed E-state index contributed by atoms with van der Waals surface area (Å²) in [7, 11) is -3.50. The van der Waals surface area contributed by atoms with Crippen molar-refractivity contribution in [1.29, 1.82) is 0 Å². The normalized spacial score (nSPS) is 15.7. The molecule has 7 nitrogen and oxygen atoms in total. The standard InChI is InChI=1S/C21H24N2O5S/c1-15-5-7-17(8-6-15)21(25)28-16(2)20(24)22-18-9-11-19(12-10-18)29(26,27)23-13-3-4-14-23/h5-12,16H,3-4,13-14H2,1-2H3,(H,22,24)/t16-/m1/s1. The van der Waals surface area contributed by atoms with Crippen molar-refractivity contribution in [2.45, 2.75) is 37.7 Å². The topological polar surface area (TPSA) is 92.8 Å². The lowest BCUT2D eigenvalue weighted by Crippen LogP contribution is -2.30. The molecule has 1 heterocycles. The van der Waals surface area contributed by atoms with Crippen LogP contribution in [0.4, 0.5) is 5.69 Å². The zero-order valence-electron chi connectivity index (χ0n) is 16.4. The largest absolute Gasteiger partial charge is 0.449 e. The molecular formula is C21H24N2O5S. The molecule has 3 rings (SSSR count). The lowest BCUT2D eigenvalue weighted by atomic mass is 10.1. The van der Waals surface area contributed by atoms with Crippen LogP contribution in [0, 0.1) is 6.92 Å². The second-order valence-electron chi connectivity index (χ2n) is 7.04. The predicted molar refractivity (Wildman–Crippen MR) is 109 cm³/mol. The SMILES string of the molecule is Cc1ccc(C(=O)O[C@H](C)C(=O)Nc2ccc(S(=O)(=O)N3CCCC3)cc2)cc1. The first-order valence-electron chi connectivity index (χ1n) is 9.46. The van der Waals surface area contributed by atoms with E-state index in [2.05, 4.69) is 5.32 Å². The summed E-state index contributed by atoms with van der Waals surface area (Å²) in [5, 5.41) is 2.63. The number of carbonyl (C=O) groups is 2. The molecule has 154 valence electrons. The fraction of sp³-hybridized carbons (Fsp3) is 0.333. The van der Waals surface area contributed by atoms with E-state index < -0.39 is 28.0 Å². The number of sulfonamides is 1. The van der Waals surface area contributed by atoms with Gasteiger partial charge in [-0.05, 0) is 63.1 Å². The lowest BCUT2D eigenvalue weighted by molar-refractivity contribution is -0.123. The Morgan fingerprint density at radius 2 is 1.59 bits per heavy atom. The van der Waals surface area contributed by atoms with Crippen LogP contribution in [0.3, 0.4) is 0 Å². The van der Waals surface area contributed by atoms with E-state index in [0.29, 0.717) is 24.3 Å². The molecule has 0 unspecified atom stereocenters. The number of anilines is 1. The van der Waals surface area contributed by atoms with Crippen molar-refractivity contribution in [3.8, 4) is 0 Å². The predicted octanol–water partition coefficient (Wildman–Crippen LogP) is 2.96. The van der Waals surface area contributed by atoms with E-state index in [1.165, 1.54) is 35.5 Å². The number of nitrogens with zero attached hydrogens (tertiary/aromatic N) is 1. The molecule has 0 bridgehead atoms. The van der Waals surface area contributed by atoms with E-state index in [0.717, 1.165) is 18.4 Å². The summed E-state index contributed by atoms with van der Waals surface area (Å²) in [6.07, 6.45) is 0.732. The molecule has 1 N–H and O–H groups in total. The molecular weight excluding hydrogens is 392 g/mol. The maximum atomic E-state index is 12.5. The second kappa shape index (κ2) is 8.75. The van der Waals surface area contributed by atoms with Gasteiger partial charge in [-0.3, -0.25) is 4.79 Å². The highest BCUT2D eigenvalue weighted by molar-refractivity contribution is 7.89. The van der Waals surface area contributed by atoms with Crippen molar-refractivity contribution in [2.24, 2.45) is 0 Å². The zero-order chi connectivity index (χ0) is 21.0. The molecule has 0 radical (unpaired) electrons. The molecule has 8 heteroatoms. The first-order valence-corrected chi connectivity index (χ1v) is 10.9. The number of benzene rings is 2. The van der Waals surface area contributed by atoms with Crippen LogP contribution in [-0.4, -0.2) is 43.8 Å². The minimum Gasteiger partial charge on any atom is -0.449 e. The highest BCUT2D eigenvalue weighted by atomic mass is 32.2. The van der Waals surface area contributed by atoms with E-state index in [1.54, 1.807) is 24.3 Å². The fourth-order valence-electron chi connectivity index (χ4n) is 3.00. The summed E-state index contributed by atoms with van der Waals surface area (Å²) in [4.78, 5) is 24.6. The molecule has 1 atom stereocenters. The average molecular weight is 416 g/mol. The van der Waals surface area contributed by atoms with E-state index in [-0.39, 0.29) is 4.90 Å². The molecule has 1 amide bonds. The van der Waals surface area contributed by atoms with Crippen LogP contribution in [0.5, 0.6) is 0 Å². The van der Waals surface area contributed by atoms with Gasteiger partial charge >= 0.3 is 5.97 Å². The quantitative estimate of drug-likeness (QED) is 0.731. The van der Waals surface area contributed by atoms with Crippen molar-refractivity contribution in [1.82, 2.24) is 4.31 Å². The van der Waals surface area contributed by atoms with Crippen LogP contribution >= 0.6 is 0 Å². The van der Waals surface area contributed by atoms with Crippen molar-refractivity contribution in [2.75, 3.05) is 18.4 Å². The van der Waals surface area contributed by atoms with Gasteiger partial charge in [-0.2, -0.15) is 4.31 Å². The summed E-state index contributed by atoms with van der Waals surface area (Å²) >= 11 is 0. The lowest BCUT2D eigenvalue weighted by Gasteiger charge is -2.16. The molecule has 0 saturated carbocycles. The Kier molecular flexibility index (Phi) is 6.34. The Morgan fingerprint density at radius 3 is 2.17 bits per heavy atom. The molecule has 1 saturated heterocycles. The van der Waals surface area contributed by atoms with Gasteiger partial charge in [0, 0.05) is 18.8 Å². The summed E-state index contributed by atoms with van der Waals surface area (Å²) in [6, 6.07) is 12.8. The highest BCUT2D eigenvalue weighted by Gasteiger charge is 2.27. The maximum Gasteiger partial charge on any atom is 0.338 e. The summed E-state index contributed by atoms with van der Waals surface area (Å²) in [6.45, 7) is 4.45. The smallest absolute Gasteiger partial charge is 0.338 e. The minimum atomic E-state index is -3.50. The Hall–Kier alpha value is -2.71. The van der Waals surface area contributed by atoms with Crippen LogP contribution in [0.25, 0.3) is 0 Å². The van der Waals surface area contributed by atoms with Crippen molar-refractivity contribution in [3.63, 3.8) is 0 Å². The zero-order valence-corrected chi connectivity index (χ0v) is 17.2. The molecule has 2 aromatic carbocycles. The molecule has 2 aromatic rings. The van der Waals surface area contributed by atoms with Gasteiger partial charge in [0.1, 0.15) is 0 Å². The number of rotatable bonds is 6. The van der Waals surface area contributed by atoms with Crippen LogP contribution in [0.1, 0.15) is 35.7 Å². The average Bonchev–Trinajstić information content (AvgIpc) is 3.24. The summed E-state index contributed by atoms with van der Waals surface area (Å²) < 4.78 is 31.7. The number of hydrogen-bond acceptors (Lipinski definition) is 5. The summed E-state index contributed by atoms with van der Waals surface area (Å²) in [5.74, 6) is -1.08. The van der Waals surface area contributed by atoms with Gasteiger partial charge in [0.25, 0.3) is 5.91 Å². The van der Waals surface area contributed by atoms with E-state index in [1.807, 2.05) is 6.92 Å². The van der Waals surface area contributed by atoms with Crippen molar-refractivity contribution >= 4 is 27.6 Å². The number of ether oxygens (including phenoxy) is 1. The van der Waals surface area contributed by atoms with Crippen molar-refractivity contribution in [3.05, 3.63) is 59.7 Å². The molecule has 0 aliphatic carbocycles. The van der Waals surface area contributed by atoms with Gasteiger partial charge < -0.3 is 10.1 Å². The Labute approximate surface area is 170 Å². The van der Waals surface area contributed by atoms with Gasteiger partial charge in [-0.25, -0.2) is 13.2 Å². The van der Waals surface area contributed by atoms with Crippen LogP contribution in [-0.2, 0) is 19.6 Å². The number of aryl methyl sites for hydroxylation is 1. The molecule has 29 heavy (non-hydrogen) atoms. The van der Waals surface area contributed by atoms with Gasteiger partial charge in [-0.15, -0.1) is 0 Å². The maximum absolute atomic E-state index is 12.5. The minimum absolute atomic E-state index is 0.191. The van der Waals surface area contributed by atoms with Gasteiger partial charge in [0.15, 0.2) is 6.10 Å². The number of esters is 1. The Balaban J connectivity index is 1.59. The van der Waals surface area contributed by atoms with E-state index in [9.17, 15) is 18.0 Å². The Bertz CT molecular complexity index is 979. The second-order valence-corrected chi connectivity index (χ2v) is 8.98. The van der Waals surface area contributed by atoms with Crippen LogP contribution < -0.4 is 5.32 Å². The van der Waals surface area contributed by atoms with E-state index in [4.69, 9.17) is 4.74 Å². The molecule has 1 fully saturated rings. The monoisotopic (exact) mass is 416 g/mol. The van der Waals surface area contributed by atoms with Crippen molar-refractivity contribution < 1.29 is 22.7 Å². The van der Waals surface area contributed by atoms with Crippen LogP contribution in [0.15, 0.2) is 53.4 Å². The Morgan fingerprint density at radius 1 is 1.00 bits per heavy atom. The third-order valence-corrected chi connectivity index (χ3v) is 6.68. The molecule has 1 aliphatic heterocycles. The third kappa shape index (κ3) is 5.02. The first kappa shape index (κ1) is 21.0. The summed E-state index contributed by atoms with van der Waals surface area (Å²) in [5.41, 5.74) is 1.81. The van der Waals surface area contributed by atoms with Gasteiger partial charge in [0.05, 0.1) is 10.5 Å². The fourth-order valence-corrected chi connectivity index (χ4v) is 4.52. The number of carbonyl (C=O) groups excluding carboxylic acids is 2. The molecule has 0 spiro atoms. The van der Waals surface area contributed by atoms with Gasteiger partial charge in [0.2, 0.25) is 10.0 Å². The van der Waals surface area contributed by atoms with E-state index >= 15 is 0 Å². The molecule has 0 aromatic heterocycles. The number of nitrogens with one attached hydrogen (secondary N) is 1. The molecule has 1 aliphatic rings. The van der Waals surface area contributed by atoms with Crippen LogP contribution in [0.2, 0.25) is 0 Å². The van der Waals surface area contributed by atoms with Gasteiger partial charge in [-0.1, -0.05) is 17.7 Å². The third-order valence-electron chi connectivity index (χ3n) is 4.76. The highest BCUT2D eigenvalue weighted by Crippen LogP contribution is 2.22. The number of hydrogen-bond donors (Lipinski definition) is 1.